The lowest BCUT2D eigenvalue weighted by Gasteiger charge is -2.38. The number of H-pyrrole nitrogens is 2. The molecule has 0 amide bonds. The van der Waals surface area contributed by atoms with E-state index in [1.165, 1.54) is 0 Å². The van der Waals surface area contributed by atoms with Gasteiger partial charge in [0.05, 0.1) is 0 Å². The summed E-state index contributed by atoms with van der Waals surface area (Å²) in [6.07, 6.45) is -7.08. The van der Waals surface area contributed by atoms with Gasteiger partial charge < -0.3 is 40.0 Å². The minimum absolute atomic E-state index is 0.416. The predicted octanol–water partition coefficient (Wildman–Crippen LogP) is -3.72. The summed E-state index contributed by atoms with van der Waals surface area (Å²) in [5, 5.41) is 32.7. The molecule has 0 bridgehead atoms. The van der Waals surface area contributed by atoms with Gasteiger partial charge in [0.1, 0.15) is 0 Å². The number of nitrogen functional groups attached to an aromatic ring is 1. The molecular formula is C16H19N5O12. The van der Waals surface area contributed by atoms with Crippen LogP contribution >= 0.6 is 0 Å². The van der Waals surface area contributed by atoms with Crippen LogP contribution in [0.1, 0.15) is 27.0 Å². The quantitative estimate of drug-likeness (QED) is 0.139. The van der Waals surface area contributed by atoms with E-state index in [-0.39, 0.29) is 0 Å². The van der Waals surface area contributed by atoms with Crippen LogP contribution in [0.25, 0.3) is 11.2 Å². The molecule has 0 radical (unpaired) electrons. The molecule has 1 aliphatic rings. The molecule has 7 N–H and O–H groups in total. The van der Waals surface area contributed by atoms with Crippen molar-refractivity contribution >= 4 is 35.0 Å². The Balaban J connectivity index is 2.32. The fourth-order valence-electron chi connectivity index (χ4n) is 3.37. The van der Waals surface area contributed by atoms with Crippen molar-refractivity contribution in [2.75, 3.05) is 5.73 Å². The summed E-state index contributed by atoms with van der Waals surface area (Å²) in [5.74, 6) is -11.0. The molecule has 5 atom stereocenters. The second-order valence-electron chi connectivity index (χ2n) is 6.94. The zero-order valence-electron chi connectivity index (χ0n) is 17.2. The number of aliphatic hydroxyl groups is 3. The zero-order valence-corrected chi connectivity index (χ0v) is 17.2. The average molecular weight is 473 g/mol. The van der Waals surface area contributed by atoms with Crippen molar-refractivity contribution in [3.63, 3.8) is 0 Å². The number of carbonyl (C=O) groups is 3. The summed E-state index contributed by atoms with van der Waals surface area (Å²) in [5.41, 5.74) is 2.41. The maximum absolute atomic E-state index is 12.7. The molecule has 3 rings (SSSR count). The molecule has 180 valence electrons. The fourth-order valence-corrected chi connectivity index (χ4v) is 3.37. The van der Waals surface area contributed by atoms with Gasteiger partial charge >= 0.3 is 35.2 Å². The highest BCUT2D eigenvalue weighted by Gasteiger charge is 2.75. The summed E-state index contributed by atoms with van der Waals surface area (Å²) >= 11 is 0. The van der Waals surface area contributed by atoms with Gasteiger partial charge in [-0.25, -0.2) is 9.36 Å². The highest BCUT2D eigenvalue weighted by molar-refractivity contribution is 5.71. The van der Waals surface area contributed by atoms with Crippen LogP contribution in [0.5, 0.6) is 0 Å². The Morgan fingerprint density at radius 1 is 1.09 bits per heavy atom. The molecule has 17 heteroatoms. The second kappa shape index (κ2) is 7.96. The Labute approximate surface area is 181 Å². The van der Waals surface area contributed by atoms with Crippen LogP contribution in [0.3, 0.4) is 0 Å². The number of aromatic amines is 2. The molecule has 3 heterocycles. The fraction of sp³-hybridized carbons (Fsp3) is 0.500. The number of nitrogens with one attached hydrogen (secondary N) is 2. The van der Waals surface area contributed by atoms with E-state index in [1.54, 1.807) is 0 Å². The monoisotopic (exact) mass is 473 g/mol. The van der Waals surface area contributed by atoms with Crippen molar-refractivity contribution in [3.8, 4) is 0 Å². The van der Waals surface area contributed by atoms with Gasteiger partial charge in [0.2, 0.25) is 18.5 Å². The first-order valence-corrected chi connectivity index (χ1v) is 9.06. The van der Waals surface area contributed by atoms with Crippen molar-refractivity contribution in [1.82, 2.24) is 19.5 Å². The number of aromatic nitrogens is 4. The van der Waals surface area contributed by atoms with Crippen LogP contribution in [0.2, 0.25) is 0 Å². The molecule has 0 saturated carbocycles. The molecule has 17 nitrogen and oxygen atoms in total. The van der Waals surface area contributed by atoms with Gasteiger partial charge in [0, 0.05) is 20.8 Å². The molecule has 2 aromatic rings. The minimum atomic E-state index is -3.45. The first-order valence-electron chi connectivity index (χ1n) is 9.06. The van der Waals surface area contributed by atoms with E-state index in [2.05, 4.69) is 19.7 Å². The van der Waals surface area contributed by atoms with Crippen LogP contribution in [-0.4, -0.2) is 76.7 Å². The number of anilines is 1. The molecule has 0 aliphatic carbocycles. The first kappa shape index (κ1) is 23.9. The Kier molecular flexibility index (Phi) is 5.75. The van der Waals surface area contributed by atoms with Crippen molar-refractivity contribution in [1.29, 1.82) is 0 Å². The third kappa shape index (κ3) is 3.82. The number of ether oxygens (including phenoxy) is 4. The number of rotatable bonds is 5. The second-order valence-corrected chi connectivity index (χ2v) is 6.94. The molecule has 0 spiro atoms. The highest BCUT2D eigenvalue weighted by atomic mass is 16.8. The van der Waals surface area contributed by atoms with Gasteiger partial charge in [-0.1, -0.05) is 0 Å². The summed E-state index contributed by atoms with van der Waals surface area (Å²) < 4.78 is 19.8. The number of fused-ring (bicyclic) bond motifs is 1. The lowest BCUT2D eigenvalue weighted by atomic mass is 10.0. The van der Waals surface area contributed by atoms with Crippen molar-refractivity contribution in [2.45, 2.75) is 51.0 Å². The number of imidazole rings is 1. The van der Waals surface area contributed by atoms with Crippen LogP contribution in [-0.2, 0) is 33.3 Å². The number of hydrogen-bond acceptors (Lipinski definition) is 14. The van der Waals surface area contributed by atoms with E-state index in [1.807, 2.05) is 0 Å². The molecule has 1 fully saturated rings. The Bertz CT molecular complexity index is 1250. The largest absolute Gasteiger partial charge is 0.433 e. The average Bonchev–Trinajstić information content (AvgIpc) is 3.06. The molecule has 1 aliphatic heterocycles. The van der Waals surface area contributed by atoms with Crippen LogP contribution in [0.4, 0.5) is 5.95 Å². The number of hydrogen-bond donors (Lipinski definition) is 6. The zero-order chi connectivity index (χ0) is 24.9. The highest BCUT2D eigenvalue weighted by Crippen LogP contribution is 2.48. The molecule has 0 aromatic carbocycles. The Morgan fingerprint density at radius 2 is 1.67 bits per heavy atom. The summed E-state index contributed by atoms with van der Waals surface area (Å²) in [6, 6.07) is 0. The first-order chi connectivity index (χ1) is 15.2. The van der Waals surface area contributed by atoms with Crippen LogP contribution in [0, 0.1) is 0 Å². The predicted molar refractivity (Wildman–Crippen MR) is 101 cm³/mol. The lowest BCUT2D eigenvalue weighted by Crippen LogP contribution is -2.64. The molecule has 1 unspecified atom stereocenters. The van der Waals surface area contributed by atoms with Crippen LogP contribution < -0.4 is 17.0 Å². The molecule has 33 heavy (non-hydrogen) atoms. The lowest BCUT2D eigenvalue weighted by molar-refractivity contribution is -0.366. The third-order valence-corrected chi connectivity index (χ3v) is 4.49. The van der Waals surface area contributed by atoms with E-state index in [9.17, 15) is 39.3 Å². The van der Waals surface area contributed by atoms with Gasteiger partial charge in [-0.2, -0.15) is 4.98 Å². The Morgan fingerprint density at radius 3 is 2.21 bits per heavy atom. The van der Waals surface area contributed by atoms with Gasteiger partial charge in [-0.05, 0) is 0 Å². The number of esters is 3. The standard InChI is InChI=1S/C16H19N5O12/c1-4(22)30-11(26)8-15(28,32-5(2)23)16(29,33-6(3)24)12(31-8)21-9-7(18-14(21)27)10(25)20-13(17)19-9/h8,11-12,26,28-29H,1-3H3,(H,18,27)(H3,17,19,20,25)/t8-,11?,12-,15+,16-/m1/s1. The van der Waals surface area contributed by atoms with Gasteiger partial charge in [-0.15, -0.1) is 0 Å². The number of aliphatic hydroxyl groups excluding tert-OH is 1. The van der Waals surface area contributed by atoms with Gasteiger partial charge in [0.15, 0.2) is 17.3 Å². The number of nitrogens with zero attached hydrogens (tertiary/aromatic N) is 2. The number of carbonyl (C=O) groups excluding carboxylic acids is 3. The van der Waals surface area contributed by atoms with Crippen molar-refractivity contribution in [2.24, 2.45) is 0 Å². The van der Waals surface area contributed by atoms with E-state index >= 15 is 0 Å². The Hall–Kier alpha value is -3.80. The van der Waals surface area contributed by atoms with Crippen LogP contribution in [0.15, 0.2) is 9.59 Å². The number of nitrogens with two attached hydrogens (primary N) is 1. The molecule has 2 aromatic heterocycles. The smallest absolute Gasteiger partial charge is 0.330 e. The maximum atomic E-state index is 12.7. The van der Waals surface area contributed by atoms with Crippen molar-refractivity contribution in [3.05, 3.63) is 20.8 Å². The molecular weight excluding hydrogens is 454 g/mol. The summed E-state index contributed by atoms with van der Waals surface area (Å²) in [6.45, 7) is 2.45. The third-order valence-electron chi connectivity index (χ3n) is 4.49. The topological polar surface area (TPSA) is 258 Å². The van der Waals surface area contributed by atoms with E-state index in [0.717, 1.165) is 20.8 Å². The van der Waals surface area contributed by atoms with Crippen molar-refractivity contribution < 1.29 is 48.7 Å². The SMILES string of the molecule is CC(=O)OC(O)[C@H]1O[C@@H](n2c(=O)[nH]c3c(=O)[nH]c(N)nc32)[C@@](O)(OC(C)=O)[C@@]1(O)OC(C)=O. The van der Waals surface area contributed by atoms with E-state index < -0.39 is 76.5 Å². The van der Waals surface area contributed by atoms with E-state index in [4.69, 9.17) is 19.9 Å². The summed E-state index contributed by atoms with van der Waals surface area (Å²) in [4.78, 5) is 67.5. The normalized spacial score (nSPS) is 27.8. The minimum Gasteiger partial charge on any atom is -0.433 e. The van der Waals surface area contributed by atoms with Gasteiger partial charge in [-0.3, -0.25) is 29.1 Å². The van der Waals surface area contributed by atoms with Gasteiger partial charge in [0.25, 0.3) is 5.56 Å². The maximum Gasteiger partial charge on any atom is 0.330 e. The molecule has 1 saturated heterocycles. The summed E-state index contributed by atoms with van der Waals surface area (Å²) in [7, 11) is 0. The van der Waals surface area contributed by atoms with E-state index in [0.29, 0.717) is 4.57 Å².